The average molecular weight is 269 g/mol. The predicted octanol–water partition coefficient (Wildman–Crippen LogP) is 1.23. The molecule has 0 fully saturated rings. The number of rotatable bonds is 5. The fourth-order valence-electron chi connectivity index (χ4n) is 2.10. The molecule has 0 saturated heterocycles. The maximum atomic E-state index is 12.2. The number of methoxy groups -OCH3 is 1. The fraction of sp³-hybridized carbons (Fsp3) is 0.538. The van der Waals surface area contributed by atoms with Crippen molar-refractivity contribution in [3.05, 3.63) is 29.8 Å². The van der Waals surface area contributed by atoms with Gasteiger partial charge < -0.3 is 15.2 Å². The van der Waals surface area contributed by atoms with Crippen LogP contribution in [-0.2, 0) is 15.5 Å². The molecule has 0 radical (unpaired) electrons. The van der Waals surface area contributed by atoms with Crippen LogP contribution < -0.4 is 10.5 Å². The zero-order valence-electron chi connectivity index (χ0n) is 10.5. The Kier molecular flexibility index (Phi) is 4.74. The van der Waals surface area contributed by atoms with E-state index in [4.69, 9.17) is 15.2 Å². The first-order chi connectivity index (χ1) is 8.74. The number of benzene rings is 1. The Hall–Kier alpha value is -0.910. The summed E-state index contributed by atoms with van der Waals surface area (Å²) >= 11 is 0. The second-order valence-electron chi connectivity index (χ2n) is 4.34. The molecule has 2 N–H and O–H groups in total. The Labute approximate surface area is 110 Å². The Balaban J connectivity index is 2.02. The predicted molar refractivity (Wildman–Crippen MR) is 72.2 cm³/mol. The van der Waals surface area contributed by atoms with E-state index in [0.717, 1.165) is 17.7 Å². The summed E-state index contributed by atoms with van der Waals surface area (Å²) in [7, 11) is 0.672. The van der Waals surface area contributed by atoms with Gasteiger partial charge in [-0.15, -0.1) is 0 Å². The summed E-state index contributed by atoms with van der Waals surface area (Å²) in [5.74, 6) is 1.42. The summed E-state index contributed by atoms with van der Waals surface area (Å²) in [6, 6.07) is 7.48. The summed E-state index contributed by atoms with van der Waals surface area (Å²) in [5, 5.41) is -0.128. The number of nitrogens with two attached hydrogens (primary N) is 1. The topological polar surface area (TPSA) is 61.5 Å². The highest BCUT2D eigenvalue weighted by atomic mass is 32.2. The van der Waals surface area contributed by atoms with Gasteiger partial charge in [-0.05, 0) is 12.5 Å². The molecule has 0 spiro atoms. The Bertz CT molecular complexity index is 424. The van der Waals surface area contributed by atoms with E-state index in [1.165, 1.54) is 0 Å². The van der Waals surface area contributed by atoms with Crippen LogP contribution in [0.1, 0.15) is 18.0 Å². The number of para-hydroxylation sites is 1. The summed E-state index contributed by atoms with van der Waals surface area (Å²) in [4.78, 5) is 0. The number of hydrogen-bond donors (Lipinski definition) is 1. The normalized spacial score (nSPS) is 24.1. The van der Waals surface area contributed by atoms with E-state index in [-0.39, 0.29) is 11.3 Å². The summed E-state index contributed by atoms with van der Waals surface area (Å²) in [6.45, 7) is 1.06. The monoisotopic (exact) mass is 269 g/mol. The van der Waals surface area contributed by atoms with Gasteiger partial charge in [0.25, 0.3) is 0 Å². The molecule has 1 aliphatic rings. The summed E-state index contributed by atoms with van der Waals surface area (Å²) in [6.07, 6.45) is 0.786. The minimum atomic E-state index is -0.975. The lowest BCUT2D eigenvalue weighted by molar-refractivity contribution is 0.199. The largest absolute Gasteiger partial charge is 0.492 e. The first-order valence-corrected chi connectivity index (χ1v) is 7.45. The molecule has 2 rings (SSSR count). The van der Waals surface area contributed by atoms with Crippen molar-refractivity contribution in [3.8, 4) is 5.75 Å². The highest BCUT2D eigenvalue weighted by molar-refractivity contribution is 7.85. The minimum Gasteiger partial charge on any atom is -0.492 e. The zero-order valence-corrected chi connectivity index (χ0v) is 11.3. The number of ether oxygens (including phenoxy) is 2. The van der Waals surface area contributed by atoms with Crippen molar-refractivity contribution in [2.75, 3.05) is 26.1 Å². The smallest absolute Gasteiger partial charge is 0.124 e. The van der Waals surface area contributed by atoms with E-state index in [1.807, 2.05) is 24.3 Å². The van der Waals surface area contributed by atoms with Gasteiger partial charge in [-0.2, -0.15) is 0 Å². The van der Waals surface area contributed by atoms with Gasteiger partial charge in [-0.25, -0.2) is 0 Å². The molecule has 1 heterocycles. The molecule has 0 saturated carbocycles. The van der Waals surface area contributed by atoms with Gasteiger partial charge in [-0.1, -0.05) is 18.2 Å². The van der Waals surface area contributed by atoms with Crippen LogP contribution in [0.15, 0.2) is 24.3 Å². The van der Waals surface area contributed by atoms with Gasteiger partial charge in [-0.3, -0.25) is 4.21 Å². The maximum Gasteiger partial charge on any atom is 0.124 e. The van der Waals surface area contributed by atoms with E-state index in [2.05, 4.69) is 0 Å². The van der Waals surface area contributed by atoms with Gasteiger partial charge >= 0.3 is 0 Å². The molecular formula is C13H19NO3S. The summed E-state index contributed by atoms with van der Waals surface area (Å²) < 4.78 is 22.8. The molecule has 1 aromatic carbocycles. The van der Waals surface area contributed by atoms with Crippen LogP contribution in [0.2, 0.25) is 0 Å². The van der Waals surface area contributed by atoms with E-state index in [0.29, 0.717) is 19.0 Å². The van der Waals surface area contributed by atoms with Gasteiger partial charge in [0.15, 0.2) is 0 Å². The molecule has 1 aromatic rings. The van der Waals surface area contributed by atoms with Gasteiger partial charge in [0.1, 0.15) is 12.4 Å². The number of fused-ring (bicyclic) bond motifs is 1. The lowest BCUT2D eigenvalue weighted by atomic mass is 10.0. The van der Waals surface area contributed by atoms with Crippen LogP contribution in [0.25, 0.3) is 0 Å². The molecule has 3 unspecified atom stereocenters. The Morgan fingerprint density at radius 2 is 2.28 bits per heavy atom. The third-order valence-corrected chi connectivity index (χ3v) is 4.91. The summed E-state index contributed by atoms with van der Waals surface area (Å²) in [5.41, 5.74) is 7.14. The van der Waals surface area contributed by atoms with Crippen molar-refractivity contribution in [1.29, 1.82) is 0 Å². The highest BCUT2D eigenvalue weighted by Crippen LogP contribution is 2.32. The van der Waals surface area contributed by atoms with E-state index in [1.54, 1.807) is 7.11 Å². The molecule has 5 heteroatoms. The molecular weight excluding hydrogens is 250 g/mol. The SMILES string of the molecule is COCCCS(=O)C1COc2ccccc2C1N. The second-order valence-corrected chi connectivity index (χ2v) is 6.12. The quantitative estimate of drug-likeness (QED) is 0.817. The first kappa shape index (κ1) is 13.5. The van der Waals surface area contributed by atoms with Crippen LogP contribution in [0.3, 0.4) is 0 Å². The van der Waals surface area contributed by atoms with Crippen molar-refractivity contribution in [2.45, 2.75) is 17.7 Å². The molecule has 100 valence electrons. The lowest BCUT2D eigenvalue weighted by Crippen LogP contribution is -2.39. The minimum absolute atomic E-state index is 0.128. The molecule has 4 nitrogen and oxygen atoms in total. The van der Waals surface area contributed by atoms with Gasteiger partial charge in [0.05, 0.1) is 11.3 Å². The standard InChI is InChI=1S/C13H19NO3S/c1-16-7-4-8-18(15)12-9-17-11-6-3-2-5-10(11)13(12)14/h2-3,5-6,12-13H,4,7-9,14H2,1H3. The fourth-order valence-corrected chi connectivity index (χ4v) is 3.50. The van der Waals surface area contributed by atoms with Crippen LogP contribution in [-0.4, -0.2) is 35.5 Å². The average Bonchev–Trinajstić information content (AvgIpc) is 2.39. The second kappa shape index (κ2) is 6.31. The third-order valence-electron chi connectivity index (χ3n) is 3.11. The lowest BCUT2D eigenvalue weighted by Gasteiger charge is -2.30. The molecule has 0 bridgehead atoms. The molecule has 0 aliphatic carbocycles. The molecule has 1 aliphatic heterocycles. The first-order valence-electron chi connectivity index (χ1n) is 6.07. The maximum absolute atomic E-state index is 12.2. The molecule has 0 aromatic heterocycles. The van der Waals surface area contributed by atoms with E-state index in [9.17, 15) is 4.21 Å². The Morgan fingerprint density at radius 1 is 1.50 bits per heavy atom. The van der Waals surface area contributed by atoms with Crippen LogP contribution in [0, 0.1) is 0 Å². The Morgan fingerprint density at radius 3 is 3.06 bits per heavy atom. The zero-order chi connectivity index (χ0) is 13.0. The molecule has 3 atom stereocenters. The van der Waals surface area contributed by atoms with Crippen LogP contribution in [0.5, 0.6) is 5.75 Å². The van der Waals surface area contributed by atoms with Crippen molar-refractivity contribution in [3.63, 3.8) is 0 Å². The van der Waals surface area contributed by atoms with Crippen molar-refractivity contribution in [2.24, 2.45) is 5.73 Å². The van der Waals surface area contributed by atoms with Crippen LogP contribution in [0.4, 0.5) is 0 Å². The van der Waals surface area contributed by atoms with Crippen molar-refractivity contribution >= 4 is 10.8 Å². The highest BCUT2D eigenvalue weighted by Gasteiger charge is 2.31. The van der Waals surface area contributed by atoms with Crippen molar-refractivity contribution < 1.29 is 13.7 Å². The van der Waals surface area contributed by atoms with Crippen molar-refractivity contribution in [1.82, 2.24) is 0 Å². The third kappa shape index (κ3) is 2.91. The van der Waals surface area contributed by atoms with E-state index >= 15 is 0 Å². The van der Waals surface area contributed by atoms with Crippen LogP contribution >= 0.6 is 0 Å². The molecule has 18 heavy (non-hydrogen) atoms. The molecule has 0 amide bonds. The number of hydrogen-bond acceptors (Lipinski definition) is 4. The van der Waals surface area contributed by atoms with Gasteiger partial charge in [0.2, 0.25) is 0 Å². The van der Waals surface area contributed by atoms with E-state index < -0.39 is 10.8 Å². The van der Waals surface area contributed by atoms with Gasteiger partial charge in [0, 0.05) is 35.8 Å².